The van der Waals surface area contributed by atoms with E-state index in [9.17, 15) is 4.79 Å². The molecule has 1 aliphatic rings. The lowest BCUT2D eigenvalue weighted by atomic mass is 10.1. The molecule has 0 aromatic heterocycles. The van der Waals surface area contributed by atoms with E-state index in [1.54, 1.807) is 12.0 Å². The quantitative estimate of drug-likeness (QED) is 0.395. The number of carbonyl (C=O) groups excluding carboxylic acids is 1. The standard InChI is InChI=1S/C27H26N2O3S/c1-4-29-26(30)25(33-27(29)28-22-13-15-23(31-3)16-14-22)17-21-7-5-6-8-24(21)32-18-20-11-9-19(2)10-12-20/h5-17H,4,18H2,1-3H3/b25-17+,28-27?. The Kier molecular flexibility index (Phi) is 7.15. The van der Waals surface area contributed by atoms with E-state index in [4.69, 9.17) is 14.5 Å². The monoisotopic (exact) mass is 458 g/mol. The topological polar surface area (TPSA) is 51.1 Å². The van der Waals surface area contributed by atoms with Crippen LogP contribution in [0.4, 0.5) is 5.69 Å². The first kappa shape index (κ1) is 22.7. The summed E-state index contributed by atoms with van der Waals surface area (Å²) in [5.74, 6) is 1.45. The molecule has 1 aliphatic heterocycles. The van der Waals surface area contributed by atoms with Crippen molar-refractivity contribution < 1.29 is 14.3 Å². The number of amidine groups is 1. The lowest BCUT2D eigenvalue weighted by Gasteiger charge is -2.12. The van der Waals surface area contributed by atoms with Gasteiger partial charge in [-0.1, -0.05) is 48.0 Å². The molecule has 33 heavy (non-hydrogen) atoms. The minimum Gasteiger partial charge on any atom is -0.497 e. The highest BCUT2D eigenvalue weighted by molar-refractivity contribution is 8.18. The minimum absolute atomic E-state index is 0.0527. The van der Waals surface area contributed by atoms with Crippen LogP contribution in [0.3, 0.4) is 0 Å². The van der Waals surface area contributed by atoms with Crippen molar-refractivity contribution in [3.8, 4) is 11.5 Å². The van der Waals surface area contributed by atoms with Crippen molar-refractivity contribution in [2.24, 2.45) is 4.99 Å². The molecule has 1 fully saturated rings. The van der Waals surface area contributed by atoms with Crippen molar-refractivity contribution >= 4 is 34.6 Å². The van der Waals surface area contributed by atoms with Crippen molar-refractivity contribution in [3.05, 3.63) is 94.4 Å². The number of carbonyl (C=O) groups is 1. The van der Waals surface area contributed by atoms with Gasteiger partial charge in [0.15, 0.2) is 5.17 Å². The Balaban J connectivity index is 1.56. The Bertz CT molecular complexity index is 1180. The van der Waals surface area contributed by atoms with Gasteiger partial charge in [0.05, 0.1) is 17.7 Å². The molecule has 0 N–H and O–H groups in total. The highest BCUT2D eigenvalue weighted by Crippen LogP contribution is 2.35. The Morgan fingerprint density at radius 2 is 1.73 bits per heavy atom. The number of methoxy groups -OCH3 is 1. The number of amides is 1. The van der Waals surface area contributed by atoms with Gasteiger partial charge in [-0.15, -0.1) is 0 Å². The van der Waals surface area contributed by atoms with Gasteiger partial charge in [-0.25, -0.2) is 4.99 Å². The molecule has 4 rings (SSSR count). The van der Waals surface area contributed by atoms with Crippen LogP contribution in [0.1, 0.15) is 23.6 Å². The average Bonchev–Trinajstić information content (AvgIpc) is 3.13. The number of nitrogens with zero attached hydrogens (tertiary/aromatic N) is 2. The van der Waals surface area contributed by atoms with E-state index in [0.717, 1.165) is 28.3 Å². The number of aliphatic imine (C=N–C) groups is 1. The molecule has 0 atom stereocenters. The molecule has 5 nitrogen and oxygen atoms in total. The van der Waals surface area contributed by atoms with Gasteiger partial charge in [0.1, 0.15) is 18.1 Å². The maximum Gasteiger partial charge on any atom is 0.266 e. The van der Waals surface area contributed by atoms with Crippen molar-refractivity contribution in [1.82, 2.24) is 4.90 Å². The Morgan fingerprint density at radius 1 is 1.00 bits per heavy atom. The third-order valence-corrected chi connectivity index (χ3v) is 6.23. The first-order chi connectivity index (χ1) is 16.1. The van der Waals surface area contributed by atoms with Gasteiger partial charge in [0.25, 0.3) is 5.91 Å². The lowest BCUT2D eigenvalue weighted by molar-refractivity contribution is -0.122. The maximum absolute atomic E-state index is 13.1. The van der Waals surface area contributed by atoms with Crippen LogP contribution in [0.5, 0.6) is 11.5 Å². The summed E-state index contributed by atoms with van der Waals surface area (Å²) in [5.41, 5.74) is 3.95. The Hall–Kier alpha value is -3.51. The predicted molar refractivity (Wildman–Crippen MR) is 135 cm³/mol. The SMILES string of the molecule is CCN1C(=O)/C(=C\c2ccccc2OCc2ccc(C)cc2)SC1=Nc1ccc(OC)cc1. The second kappa shape index (κ2) is 10.4. The summed E-state index contributed by atoms with van der Waals surface area (Å²) < 4.78 is 11.3. The summed E-state index contributed by atoms with van der Waals surface area (Å²) in [4.78, 5) is 20.1. The normalized spacial score (nSPS) is 16.0. The number of likely N-dealkylation sites (N-methyl/N-ethyl adjacent to an activating group) is 1. The van der Waals surface area contributed by atoms with E-state index in [1.807, 2.05) is 61.5 Å². The molecule has 0 bridgehead atoms. The molecule has 0 radical (unpaired) electrons. The van der Waals surface area contributed by atoms with Crippen molar-refractivity contribution in [2.45, 2.75) is 20.5 Å². The van der Waals surface area contributed by atoms with Crippen LogP contribution in [0.25, 0.3) is 6.08 Å². The molecule has 0 saturated carbocycles. The van der Waals surface area contributed by atoms with Crippen molar-refractivity contribution in [2.75, 3.05) is 13.7 Å². The fraction of sp³-hybridized carbons (Fsp3) is 0.185. The maximum atomic E-state index is 13.1. The van der Waals surface area contributed by atoms with Crippen molar-refractivity contribution in [1.29, 1.82) is 0 Å². The summed E-state index contributed by atoms with van der Waals surface area (Å²) in [6, 6.07) is 23.5. The third-order valence-electron chi connectivity index (χ3n) is 5.22. The van der Waals surface area contributed by atoms with Crippen LogP contribution in [-0.4, -0.2) is 29.6 Å². The number of rotatable bonds is 7. The minimum atomic E-state index is -0.0527. The zero-order valence-corrected chi connectivity index (χ0v) is 19.8. The number of hydrogen-bond acceptors (Lipinski definition) is 5. The zero-order valence-electron chi connectivity index (χ0n) is 18.9. The van der Waals surface area contributed by atoms with Crippen LogP contribution < -0.4 is 9.47 Å². The van der Waals surface area contributed by atoms with E-state index >= 15 is 0 Å². The molecule has 0 unspecified atom stereocenters. The fourth-order valence-electron chi connectivity index (χ4n) is 3.36. The van der Waals surface area contributed by atoms with E-state index in [1.165, 1.54) is 17.3 Å². The van der Waals surface area contributed by atoms with Crippen LogP contribution in [0.2, 0.25) is 0 Å². The highest BCUT2D eigenvalue weighted by Gasteiger charge is 2.32. The van der Waals surface area contributed by atoms with Crippen LogP contribution in [0, 0.1) is 6.92 Å². The smallest absolute Gasteiger partial charge is 0.266 e. The molecule has 0 aliphatic carbocycles. The predicted octanol–water partition coefficient (Wildman–Crippen LogP) is 6.21. The number of benzene rings is 3. The summed E-state index contributed by atoms with van der Waals surface area (Å²) in [6.07, 6.45) is 1.89. The first-order valence-electron chi connectivity index (χ1n) is 10.8. The number of aryl methyl sites for hydroxylation is 1. The molecule has 1 heterocycles. The molecule has 1 amide bonds. The Morgan fingerprint density at radius 3 is 2.42 bits per heavy atom. The lowest BCUT2D eigenvalue weighted by Crippen LogP contribution is -2.28. The highest BCUT2D eigenvalue weighted by atomic mass is 32.2. The van der Waals surface area contributed by atoms with Gasteiger partial charge >= 0.3 is 0 Å². The van der Waals surface area contributed by atoms with Crippen LogP contribution >= 0.6 is 11.8 Å². The molecule has 0 spiro atoms. The largest absolute Gasteiger partial charge is 0.497 e. The van der Waals surface area contributed by atoms with Gasteiger partial charge in [0.2, 0.25) is 0 Å². The summed E-state index contributed by atoms with van der Waals surface area (Å²) in [7, 11) is 1.63. The zero-order chi connectivity index (χ0) is 23.2. The molecular formula is C27H26N2O3S. The molecular weight excluding hydrogens is 432 g/mol. The first-order valence-corrected chi connectivity index (χ1v) is 11.6. The van der Waals surface area contributed by atoms with Gasteiger partial charge in [-0.3, -0.25) is 9.69 Å². The van der Waals surface area contributed by atoms with E-state index in [0.29, 0.717) is 23.2 Å². The van der Waals surface area contributed by atoms with Crippen LogP contribution in [0.15, 0.2) is 82.7 Å². The molecule has 168 valence electrons. The molecule has 6 heteroatoms. The molecule has 3 aromatic carbocycles. The van der Waals surface area contributed by atoms with Crippen molar-refractivity contribution in [3.63, 3.8) is 0 Å². The van der Waals surface area contributed by atoms with E-state index < -0.39 is 0 Å². The third kappa shape index (κ3) is 5.46. The molecule has 3 aromatic rings. The second-order valence-corrected chi connectivity index (χ2v) is 8.57. The second-order valence-electron chi connectivity index (χ2n) is 7.56. The van der Waals surface area contributed by atoms with Gasteiger partial charge < -0.3 is 9.47 Å². The summed E-state index contributed by atoms with van der Waals surface area (Å²) in [6.45, 7) is 5.02. The van der Waals surface area contributed by atoms with E-state index in [2.05, 4.69) is 31.2 Å². The molecule has 1 saturated heterocycles. The number of para-hydroxylation sites is 1. The number of thioether (sulfide) groups is 1. The fourth-order valence-corrected chi connectivity index (χ4v) is 4.41. The van der Waals surface area contributed by atoms with Gasteiger partial charge in [-0.05, 0) is 67.6 Å². The van der Waals surface area contributed by atoms with E-state index in [-0.39, 0.29) is 5.91 Å². The van der Waals surface area contributed by atoms with Crippen LogP contribution in [-0.2, 0) is 11.4 Å². The average molecular weight is 459 g/mol. The Labute approximate surface area is 198 Å². The summed E-state index contributed by atoms with van der Waals surface area (Å²) >= 11 is 1.38. The number of ether oxygens (including phenoxy) is 2. The summed E-state index contributed by atoms with van der Waals surface area (Å²) in [5, 5.41) is 0.664. The number of hydrogen-bond donors (Lipinski definition) is 0. The van der Waals surface area contributed by atoms with Gasteiger partial charge in [0, 0.05) is 12.1 Å². The van der Waals surface area contributed by atoms with Gasteiger partial charge in [-0.2, -0.15) is 0 Å².